The van der Waals surface area contributed by atoms with E-state index in [2.05, 4.69) is 4.98 Å². The van der Waals surface area contributed by atoms with Crippen LogP contribution < -0.4 is 0 Å². The van der Waals surface area contributed by atoms with Gasteiger partial charge in [0.15, 0.2) is 16.4 Å². The molecule has 0 saturated carbocycles. The zero-order valence-electron chi connectivity index (χ0n) is 15.1. The summed E-state index contributed by atoms with van der Waals surface area (Å²) in [5, 5.41) is 0.0345. The summed E-state index contributed by atoms with van der Waals surface area (Å²) in [6.07, 6.45) is 1.10. The largest absolute Gasteiger partial charge is 0.452 e. The first kappa shape index (κ1) is 20.6. The first-order valence-corrected chi connectivity index (χ1v) is 10.6. The number of ether oxygens (including phenoxy) is 1. The highest BCUT2D eigenvalue weighted by Crippen LogP contribution is 2.21. The van der Waals surface area contributed by atoms with Crippen LogP contribution in [0.3, 0.4) is 0 Å². The van der Waals surface area contributed by atoms with E-state index in [0.29, 0.717) is 30.6 Å². The van der Waals surface area contributed by atoms with Gasteiger partial charge in [-0.3, -0.25) is 4.79 Å². The third-order valence-electron chi connectivity index (χ3n) is 4.27. The van der Waals surface area contributed by atoms with Gasteiger partial charge in [-0.15, -0.1) is 0 Å². The highest BCUT2D eigenvalue weighted by molar-refractivity contribution is 7.91. The number of rotatable bonds is 6. The maximum atomic E-state index is 12.5. The minimum atomic E-state index is -3.11. The molecule has 1 aliphatic rings. The average Bonchev–Trinajstić information content (AvgIpc) is 2.89. The second-order valence-electron chi connectivity index (χ2n) is 6.47. The first-order valence-electron chi connectivity index (χ1n) is 8.45. The van der Waals surface area contributed by atoms with Gasteiger partial charge >= 0.3 is 5.97 Å². The van der Waals surface area contributed by atoms with Crippen LogP contribution in [0, 0.1) is 13.8 Å². The molecule has 1 aromatic rings. The number of esters is 1. The smallest absolute Gasteiger partial charge is 0.342 e. The summed E-state index contributed by atoms with van der Waals surface area (Å²) >= 11 is 6.02. The molecule has 0 aromatic carbocycles. The Labute approximate surface area is 158 Å². The van der Waals surface area contributed by atoms with E-state index in [9.17, 15) is 18.0 Å². The Bertz CT molecular complexity index is 786. The highest BCUT2D eigenvalue weighted by Gasteiger charge is 2.34. The van der Waals surface area contributed by atoms with Crippen molar-refractivity contribution in [1.82, 2.24) is 9.88 Å². The zero-order valence-corrected chi connectivity index (χ0v) is 16.7. The molecule has 1 aromatic heterocycles. The lowest BCUT2D eigenvalue weighted by Gasteiger charge is -2.27. The van der Waals surface area contributed by atoms with Gasteiger partial charge in [0.2, 0.25) is 0 Å². The lowest BCUT2D eigenvalue weighted by atomic mass is 10.1. The minimum absolute atomic E-state index is 0.0345. The van der Waals surface area contributed by atoms with Gasteiger partial charge in [-0.25, -0.2) is 18.2 Å². The molecule has 9 heteroatoms. The summed E-state index contributed by atoms with van der Waals surface area (Å²) in [6.45, 7) is 5.33. The van der Waals surface area contributed by atoms with Crippen LogP contribution in [0.2, 0.25) is 5.15 Å². The average molecular weight is 403 g/mol. The SMILES string of the molecule is CCCN(C(=O)COC(=O)c1c(C)cc(C)nc1Cl)[C@H]1CCS(=O)(=O)C1. The Kier molecular flexibility index (Phi) is 6.63. The number of aromatic nitrogens is 1. The van der Waals surface area contributed by atoms with Gasteiger partial charge in [-0.2, -0.15) is 0 Å². The van der Waals surface area contributed by atoms with E-state index in [1.54, 1.807) is 19.9 Å². The van der Waals surface area contributed by atoms with Crippen molar-refractivity contribution < 1.29 is 22.7 Å². The number of hydrogen-bond acceptors (Lipinski definition) is 6. The zero-order chi connectivity index (χ0) is 19.5. The molecule has 1 saturated heterocycles. The number of sulfone groups is 1. The molecule has 0 spiro atoms. The minimum Gasteiger partial charge on any atom is -0.452 e. The van der Waals surface area contributed by atoms with Gasteiger partial charge in [0, 0.05) is 18.3 Å². The van der Waals surface area contributed by atoms with E-state index < -0.39 is 28.3 Å². The molecule has 1 atom stereocenters. The quantitative estimate of drug-likeness (QED) is 0.533. The standard InChI is InChI=1S/C17H23ClN2O5S/c1-4-6-20(13-5-7-26(23,24)10-13)14(21)9-25-17(22)15-11(2)8-12(3)19-16(15)18/h8,13H,4-7,9-10H2,1-3H3/t13-/m0/s1. The number of pyridine rings is 1. The van der Waals surface area contributed by atoms with Crippen molar-refractivity contribution in [2.24, 2.45) is 0 Å². The van der Waals surface area contributed by atoms with E-state index in [1.165, 1.54) is 4.90 Å². The van der Waals surface area contributed by atoms with E-state index in [1.807, 2.05) is 6.92 Å². The van der Waals surface area contributed by atoms with Crippen molar-refractivity contribution in [3.8, 4) is 0 Å². The van der Waals surface area contributed by atoms with Crippen molar-refractivity contribution >= 4 is 33.3 Å². The molecule has 1 aliphatic heterocycles. The molecule has 0 aliphatic carbocycles. The fourth-order valence-corrected chi connectivity index (χ4v) is 5.18. The van der Waals surface area contributed by atoms with Crippen molar-refractivity contribution in [2.75, 3.05) is 24.7 Å². The summed E-state index contributed by atoms with van der Waals surface area (Å²) in [5.74, 6) is -1.09. The molecule has 0 radical (unpaired) electrons. The van der Waals surface area contributed by atoms with Crippen molar-refractivity contribution in [3.63, 3.8) is 0 Å². The van der Waals surface area contributed by atoms with Crippen LogP contribution in [0.5, 0.6) is 0 Å². The molecule has 7 nitrogen and oxygen atoms in total. The second kappa shape index (κ2) is 8.35. The van der Waals surface area contributed by atoms with E-state index in [-0.39, 0.29) is 28.3 Å². The van der Waals surface area contributed by atoms with Crippen LogP contribution in [0.4, 0.5) is 0 Å². The van der Waals surface area contributed by atoms with Crippen molar-refractivity contribution in [1.29, 1.82) is 0 Å². The van der Waals surface area contributed by atoms with Crippen LogP contribution in [0.25, 0.3) is 0 Å². The normalized spacial score (nSPS) is 18.5. The molecule has 0 bridgehead atoms. The Balaban J connectivity index is 2.05. The molecule has 0 unspecified atom stereocenters. The Morgan fingerprint density at radius 2 is 2.08 bits per heavy atom. The molecule has 1 amide bonds. The lowest BCUT2D eigenvalue weighted by molar-refractivity contribution is -0.136. The van der Waals surface area contributed by atoms with Crippen molar-refractivity contribution in [3.05, 3.63) is 28.0 Å². The maximum Gasteiger partial charge on any atom is 0.342 e. The number of hydrogen-bond donors (Lipinski definition) is 0. The number of carbonyl (C=O) groups is 2. The maximum absolute atomic E-state index is 12.5. The van der Waals surface area contributed by atoms with Gasteiger partial charge in [0.05, 0.1) is 17.1 Å². The number of aryl methyl sites for hydroxylation is 2. The number of amides is 1. The molecule has 26 heavy (non-hydrogen) atoms. The van der Waals surface area contributed by atoms with Crippen LogP contribution in [-0.2, 0) is 19.4 Å². The molecule has 2 heterocycles. The van der Waals surface area contributed by atoms with Crippen molar-refractivity contribution in [2.45, 2.75) is 39.7 Å². The van der Waals surface area contributed by atoms with Crippen LogP contribution in [-0.4, -0.2) is 60.9 Å². The first-order chi connectivity index (χ1) is 12.1. The molecular formula is C17H23ClN2O5S. The summed E-state index contributed by atoms with van der Waals surface area (Å²) in [6, 6.07) is 1.34. The van der Waals surface area contributed by atoms with Crippen LogP contribution in [0.1, 0.15) is 41.4 Å². The monoisotopic (exact) mass is 402 g/mol. The van der Waals surface area contributed by atoms with Gasteiger partial charge in [0.1, 0.15) is 5.15 Å². The summed E-state index contributed by atoms with van der Waals surface area (Å²) < 4.78 is 28.5. The fraction of sp³-hybridized carbons (Fsp3) is 0.588. The molecule has 2 rings (SSSR count). The topological polar surface area (TPSA) is 93.6 Å². The van der Waals surface area contributed by atoms with Crippen LogP contribution in [0.15, 0.2) is 6.07 Å². The third kappa shape index (κ3) is 4.94. The van der Waals surface area contributed by atoms with Crippen LogP contribution >= 0.6 is 11.6 Å². The van der Waals surface area contributed by atoms with Gasteiger partial charge in [-0.05, 0) is 38.3 Å². The predicted molar refractivity (Wildman–Crippen MR) is 98.1 cm³/mol. The number of nitrogens with zero attached hydrogens (tertiary/aromatic N) is 2. The van der Waals surface area contributed by atoms with E-state index in [0.717, 1.165) is 0 Å². The van der Waals surface area contributed by atoms with Gasteiger partial charge < -0.3 is 9.64 Å². The molecular weight excluding hydrogens is 380 g/mol. The Morgan fingerprint density at radius 3 is 2.62 bits per heavy atom. The van der Waals surface area contributed by atoms with Gasteiger partial charge in [-0.1, -0.05) is 18.5 Å². The molecule has 0 N–H and O–H groups in total. The number of carbonyl (C=O) groups excluding carboxylic acids is 2. The third-order valence-corrected chi connectivity index (χ3v) is 6.29. The number of halogens is 1. The van der Waals surface area contributed by atoms with E-state index in [4.69, 9.17) is 16.3 Å². The Hall–Kier alpha value is -1.67. The fourth-order valence-electron chi connectivity index (χ4n) is 3.09. The lowest BCUT2D eigenvalue weighted by Crippen LogP contribution is -2.43. The Morgan fingerprint density at radius 1 is 1.38 bits per heavy atom. The second-order valence-corrected chi connectivity index (χ2v) is 9.05. The summed E-state index contributed by atoms with van der Waals surface area (Å²) in [7, 11) is -3.11. The summed E-state index contributed by atoms with van der Waals surface area (Å²) in [4.78, 5) is 30.3. The summed E-state index contributed by atoms with van der Waals surface area (Å²) in [5.41, 5.74) is 1.43. The van der Waals surface area contributed by atoms with Gasteiger partial charge in [0.25, 0.3) is 5.91 Å². The molecule has 144 valence electrons. The highest BCUT2D eigenvalue weighted by atomic mass is 35.5. The van der Waals surface area contributed by atoms with E-state index >= 15 is 0 Å². The predicted octanol–water partition coefficient (Wildman–Crippen LogP) is 1.93. The molecule has 1 fully saturated rings.